The van der Waals surface area contributed by atoms with Crippen LogP contribution >= 0.6 is 11.3 Å². The number of para-hydroxylation sites is 2. The monoisotopic (exact) mass is 492 g/mol. The molecule has 0 atom stereocenters. The number of nitrogens with zero attached hydrogens (tertiary/aromatic N) is 4. The van der Waals surface area contributed by atoms with Crippen LogP contribution in [-0.2, 0) is 0 Å². The lowest BCUT2D eigenvalue weighted by atomic mass is 10.1. The van der Waals surface area contributed by atoms with Crippen molar-refractivity contribution in [1.82, 2.24) is 18.9 Å². The summed E-state index contributed by atoms with van der Waals surface area (Å²) in [6.07, 6.45) is 2.28. The Labute approximate surface area is 216 Å². The minimum absolute atomic E-state index is 0.715. The van der Waals surface area contributed by atoms with Gasteiger partial charge in [0.05, 0.1) is 21.4 Å². The lowest BCUT2D eigenvalue weighted by molar-refractivity contribution is 1.04. The van der Waals surface area contributed by atoms with E-state index in [1.54, 1.807) is 0 Å². The van der Waals surface area contributed by atoms with E-state index in [1.165, 1.54) is 20.2 Å². The molecule has 0 saturated heterocycles. The van der Waals surface area contributed by atoms with Crippen LogP contribution in [-0.4, -0.2) is 18.9 Å². The van der Waals surface area contributed by atoms with Crippen molar-refractivity contribution in [2.45, 2.75) is 0 Å². The van der Waals surface area contributed by atoms with Crippen LogP contribution in [0.15, 0.2) is 121 Å². The van der Waals surface area contributed by atoms with Gasteiger partial charge < -0.3 is 0 Å². The maximum absolute atomic E-state index is 5.16. The number of hydrogen-bond acceptors (Lipinski definition) is 3. The zero-order chi connectivity index (χ0) is 24.3. The third kappa shape index (κ3) is 3.08. The van der Waals surface area contributed by atoms with Gasteiger partial charge in [-0.05, 0) is 18.2 Å². The number of rotatable bonds is 3. The van der Waals surface area contributed by atoms with Gasteiger partial charge in [-0.3, -0.25) is 8.97 Å². The molecule has 5 heteroatoms. The van der Waals surface area contributed by atoms with E-state index in [1.807, 2.05) is 35.6 Å². The Morgan fingerprint density at radius 2 is 1.27 bits per heavy atom. The molecule has 0 fully saturated rings. The normalized spacial score (nSPS) is 11.8. The number of imidazole rings is 1. The summed E-state index contributed by atoms with van der Waals surface area (Å²) in [6, 6.07) is 39.9. The van der Waals surface area contributed by atoms with E-state index in [0.717, 1.165) is 39.3 Å². The highest BCUT2D eigenvalue weighted by Crippen LogP contribution is 2.41. The van der Waals surface area contributed by atoms with E-state index in [0.29, 0.717) is 5.82 Å². The molecule has 0 unspecified atom stereocenters. The van der Waals surface area contributed by atoms with Gasteiger partial charge in [-0.15, -0.1) is 11.3 Å². The molecule has 0 aliphatic carbocycles. The molecule has 4 aromatic carbocycles. The van der Waals surface area contributed by atoms with Crippen molar-refractivity contribution in [3.05, 3.63) is 121 Å². The molecule has 0 aliphatic rings. The van der Waals surface area contributed by atoms with Crippen molar-refractivity contribution in [3.8, 4) is 28.5 Å². The molecule has 8 rings (SSSR count). The maximum Gasteiger partial charge on any atom is 0.162 e. The Hall–Kier alpha value is -4.74. The fourth-order valence-electron chi connectivity index (χ4n) is 5.28. The van der Waals surface area contributed by atoms with Gasteiger partial charge in [-0.25, -0.2) is 9.97 Å². The van der Waals surface area contributed by atoms with Gasteiger partial charge in [0.1, 0.15) is 11.5 Å². The maximum atomic E-state index is 5.16. The average molecular weight is 493 g/mol. The first kappa shape index (κ1) is 20.5. The third-order valence-corrected chi connectivity index (χ3v) is 8.14. The molecular weight excluding hydrogens is 472 g/mol. The zero-order valence-electron chi connectivity index (χ0n) is 19.7. The molecule has 0 bridgehead atoms. The third-order valence-electron chi connectivity index (χ3n) is 6.96. The highest BCUT2D eigenvalue weighted by Gasteiger charge is 2.21. The van der Waals surface area contributed by atoms with E-state index in [9.17, 15) is 0 Å². The molecule has 4 nitrogen and oxygen atoms in total. The highest BCUT2D eigenvalue weighted by atomic mass is 32.1. The summed E-state index contributed by atoms with van der Waals surface area (Å²) >= 11 is 1.84. The molecule has 4 aromatic heterocycles. The minimum Gasteiger partial charge on any atom is -0.299 e. The van der Waals surface area contributed by atoms with Gasteiger partial charge in [0.2, 0.25) is 0 Å². The average Bonchev–Trinajstić information content (AvgIpc) is 3.61. The molecule has 0 amide bonds. The first-order chi connectivity index (χ1) is 18.3. The number of hydrogen-bond donors (Lipinski definition) is 0. The van der Waals surface area contributed by atoms with Gasteiger partial charge in [0.25, 0.3) is 0 Å². The summed E-state index contributed by atoms with van der Waals surface area (Å²) in [5.74, 6) is 1.57. The van der Waals surface area contributed by atoms with Crippen molar-refractivity contribution in [2.75, 3.05) is 0 Å². The number of benzene rings is 4. The smallest absolute Gasteiger partial charge is 0.162 e. The van der Waals surface area contributed by atoms with Gasteiger partial charge in [0, 0.05) is 38.9 Å². The van der Waals surface area contributed by atoms with E-state index in [-0.39, 0.29) is 0 Å². The molecule has 0 saturated carbocycles. The van der Waals surface area contributed by atoms with Crippen molar-refractivity contribution >= 4 is 48.2 Å². The van der Waals surface area contributed by atoms with Crippen molar-refractivity contribution in [2.24, 2.45) is 0 Å². The fraction of sp³-hybridized carbons (Fsp3) is 0. The van der Waals surface area contributed by atoms with Gasteiger partial charge in [-0.2, -0.15) is 0 Å². The summed E-state index contributed by atoms with van der Waals surface area (Å²) in [5, 5.41) is 2.56. The number of fused-ring (bicyclic) bond motifs is 7. The molecule has 0 aliphatic heterocycles. The molecule has 0 N–H and O–H groups in total. The second-order valence-electron chi connectivity index (χ2n) is 9.15. The van der Waals surface area contributed by atoms with E-state index in [2.05, 4.69) is 106 Å². The first-order valence-electron chi connectivity index (χ1n) is 12.3. The van der Waals surface area contributed by atoms with Crippen molar-refractivity contribution in [1.29, 1.82) is 0 Å². The molecule has 8 aromatic rings. The summed E-state index contributed by atoms with van der Waals surface area (Å²) in [6.45, 7) is 0. The Kier molecular flexibility index (Phi) is 4.36. The summed E-state index contributed by atoms with van der Waals surface area (Å²) in [4.78, 5) is 10.2. The summed E-state index contributed by atoms with van der Waals surface area (Å²) in [5.41, 5.74) is 6.38. The standard InChI is InChI=1S/C32H20N4S/c1-3-11-21(12-4-1)25-19-29(34-31(33-25)22-13-5-2-6-14-22)36-27-17-9-8-16-26(27)35-20-24-23-15-7-10-18-28(23)37-30(24)32(35)36/h1-20H. The van der Waals surface area contributed by atoms with E-state index < -0.39 is 0 Å². The van der Waals surface area contributed by atoms with E-state index in [4.69, 9.17) is 9.97 Å². The molecule has 4 heterocycles. The van der Waals surface area contributed by atoms with Gasteiger partial charge >= 0.3 is 0 Å². The molecule has 37 heavy (non-hydrogen) atoms. The summed E-state index contributed by atoms with van der Waals surface area (Å²) in [7, 11) is 0. The van der Waals surface area contributed by atoms with Crippen LogP contribution in [0.5, 0.6) is 0 Å². The quantitative estimate of drug-likeness (QED) is 0.248. The zero-order valence-corrected chi connectivity index (χ0v) is 20.6. The number of thiophene rings is 1. The molecular formula is C32H20N4S. The van der Waals surface area contributed by atoms with Gasteiger partial charge in [-0.1, -0.05) is 91.0 Å². The second-order valence-corrected chi connectivity index (χ2v) is 10.2. The van der Waals surface area contributed by atoms with Crippen LogP contribution < -0.4 is 0 Å². The highest BCUT2D eigenvalue weighted by molar-refractivity contribution is 7.26. The predicted molar refractivity (Wildman–Crippen MR) is 154 cm³/mol. The molecule has 174 valence electrons. The summed E-state index contributed by atoms with van der Waals surface area (Å²) < 4.78 is 7.17. The first-order valence-corrected chi connectivity index (χ1v) is 13.1. The lowest BCUT2D eigenvalue weighted by Gasteiger charge is -2.11. The SMILES string of the molecule is c1ccc(-c2cc(-n3c4ccccc4n4cc5c6ccccc6sc5c34)nc(-c3ccccc3)n2)cc1. The minimum atomic E-state index is 0.715. The topological polar surface area (TPSA) is 35.1 Å². The van der Waals surface area contributed by atoms with Crippen LogP contribution in [0.4, 0.5) is 0 Å². The van der Waals surface area contributed by atoms with Gasteiger partial charge in [0.15, 0.2) is 5.82 Å². The predicted octanol–water partition coefficient (Wildman–Crippen LogP) is 8.38. The van der Waals surface area contributed by atoms with Crippen molar-refractivity contribution < 1.29 is 0 Å². The van der Waals surface area contributed by atoms with Crippen LogP contribution in [0.1, 0.15) is 0 Å². The number of aromatic nitrogens is 4. The Morgan fingerprint density at radius 1 is 0.595 bits per heavy atom. The second kappa shape index (κ2) is 7.88. The largest absolute Gasteiger partial charge is 0.299 e. The van der Waals surface area contributed by atoms with Crippen molar-refractivity contribution in [3.63, 3.8) is 0 Å². The van der Waals surface area contributed by atoms with Crippen LogP contribution in [0, 0.1) is 0 Å². The van der Waals surface area contributed by atoms with Crippen LogP contribution in [0.3, 0.4) is 0 Å². The van der Waals surface area contributed by atoms with E-state index >= 15 is 0 Å². The molecule has 0 spiro atoms. The Bertz CT molecular complexity index is 2020. The Balaban J connectivity index is 1.51. The fourth-order valence-corrected chi connectivity index (χ4v) is 6.49. The van der Waals surface area contributed by atoms with Crippen LogP contribution in [0.25, 0.3) is 65.3 Å². The Morgan fingerprint density at radius 3 is 2.08 bits per heavy atom. The van der Waals surface area contributed by atoms with Crippen LogP contribution in [0.2, 0.25) is 0 Å². The lowest BCUT2D eigenvalue weighted by Crippen LogP contribution is -2.02. The molecule has 0 radical (unpaired) electrons.